The lowest BCUT2D eigenvalue weighted by molar-refractivity contribution is 0.299. The monoisotopic (exact) mass is 253 g/mol. The van der Waals surface area contributed by atoms with Gasteiger partial charge in [0.1, 0.15) is 0 Å². The molecule has 1 aliphatic heterocycles. The molecule has 0 radical (unpaired) electrons. The van der Waals surface area contributed by atoms with Crippen LogP contribution in [0.5, 0.6) is 0 Å². The molecule has 1 saturated heterocycles. The van der Waals surface area contributed by atoms with Gasteiger partial charge in [-0.15, -0.1) is 11.3 Å². The summed E-state index contributed by atoms with van der Waals surface area (Å²) < 4.78 is 0. The summed E-state index contributed by atoms with van der Waals surface area (Å²) in [7, 11) is 0. The molecule has 0 spiro atoms. The largest absolute Gasteiger partial charge is 0.396 e. The Morgan fingerprint density at radius 3 is 3.00 bits per heavy atom. The van der Waals surface area contributed by atoms with Crippen LogP contribution in [-0.2, 0) is 12.8 Å². The van der Waals surface area contributed by atoms with E-state index in [2.05, 4.69) is 25.2 Å². The number of aryl methyl sites for hydroxylation is 1. The molecule has 0 bridgehead atoms. The van der Waals surface area contributed by atoms with Gasteiger partial charge in [-0.2, -0.15) is 0 Å². The van der Waals surface area contributed by atoms with Gasteiger partial charge < -0.3 is 10.4 Å². The molecule has 0 aromatic carbocycles. The van der Waals surface area contributed by atoms with Gasteiger partial charge in [0, 0.05) is 28.8 Å². The van der Waals surface area contributed by atoms with Crippen LogP contribution >= 0.6 is 11.3 Å². The van der Waals surface area contributed by atoms with E-state index >= 15 is 0 Å². The molecule has 3 heteroatoms. The lowest BCUT2D eigenvalue weighted by Gasteiger charge is -2.28. The second kappa shape index (κ2) is 5.98. The van der Waals surface area contributed by atoms with Crippen LogP contribution in [-0.4, -0.2) is 24.3 Å². The van der Waals surface area contributed by atoms with Crippen LogP contribution < -0.4 is 5.32 Å². The van der Waals surface area contributed by atoms with E-state index in [9.17, 15) is 5.11 Å². The average Bonchev–Trinajstić information content (AvgIpc) is 2.73. The van der Waals surface area contributed by atoms with Crippen molar-refractivity contribution in [2.24, 2.45) is 0 Å². The Bertz CT molecular complexity index is 361. The summed E-state index contributed by atoms with van der Waals surface area (Å²) in [5.41, 5.74) is 1.52. The Balaban J connectivity index is 2.19. The highest BCUT2D eigenvalue weighted by Crippen LogP contribution is 2.35. The third kappa shape index (κ3) is 3.09. The zero-order chi connectivity index (χ0) is 12.3. The molecule has 1 aromatic rings. The molecule has 0 saturated carbocycles. The van der Waals surface area contributed by atoms with E-state index in [4.69, 9.17) is 0 Å². The highest BCUT2D eigenvalue weighted by atomic mass is 32.1. The first-order valence-corrected chi connectivity index (χ1v) is 7.52. The minimum atomic E-state index is 0.275. The molecule has 0 amide bonds. The van der Waals surface area contributed by atoms with Gasteiger partial charge in [-0.3, -0.25) is 0 Å². The molecule has 2 rings (SSSR count). The van der Waals surface area contributed by atoms with Crippen molar-refractivity contribution in [3.05, 3.63) is 21.4 Å². The van der Waals surface area contributed by atoms with Crippen LogP contribution in [0.4, 0.5) is 0 Å². The number of rotatable bonds is 4. The summed E-state index contributed by atoms with van der Waals surface area (Å²) in [6, 6.07) is 3.01. The minimum absolute atomic E-state index is 0.275. The average molecular weight is 253 g/mol. The molecule has 2 unspecified atom stereocenters. The summed E-state index contributed by atoms with van der Waals surface area (Å²) in [6.07, 6.45) is 4.42. The Hall–Kier alpha value is -0.380. The second-order valence-electron chi connectivity index (χ2n) is 4.99. The number of nitrogens with one attached hydrogen (secondary N) is 1. The predicted molar refractivity (Wildman–Crippen MR) is 73.9 cm³/mol. The zero-order valence-corrected chi connectivity index (χ0v) is 11.6. The van der Waals surface area contributed by atoms with Crippen LogP contribution in [0.25, 0.3) is 0 Å². The van der Waals surface area contributed by atoms with Crippen molar-refractivity contribution in [3.63, 3.8) is 0 Å². The topological polar surface area (TPSA) is 32.3 Å². The highest BCUT2D eigenvalue weighted by Gasteiger charge is 2.23. The van der Waals surface area contributed by atoms with Crippen molar-refractivity contribution < 1.29 is 5.11 Å². The Labute approximate surface area is 108 Å². The Morgan fingerprint density at radius 2 is 2.35 bits per heavy atom. The van der Waals surface area contributed by atoms with Gasteiger partial charge in [0.05, 0.1) is 0 Å². The van der Waals surface area contributed by atoms with Crippen molar-refractivity contribution in [1.29, 1.82) is 0 Å². The van der Waals surface area contributed by atoms with Crippen LogP contribution in [0.15, 0.2) is 6.07 Å². The maximum atomic E-state index is 9.17. The summed E-state index contributed by atoms with van der Waals surface area (Å²) in [5, 5.41) is 12.7. The SMILES string of the molecule is CCc1cc(C2CCNC(C)C2)c(CCO)s1. The number of hydrogen-bond donors (Lipinski definition) is 2. The molecule has 1 fully saturated rings. The van der Waals surface area contributed by atoms with Crippen molar-refractivity contribution in [3.8, 4) is 0 Å². The molecule has 17 heavy (non-hydrogen) atoms. The van der Waals surface area contributed by atoms with Crippen molar-refractivity contribution >= 4 is 11.3 Å². The fourth-order valence-electron chi connectivity index (χ4n) is 2.73. The van der Waals surface area contributed by atoms with Crippen molar-refractivity contribution in [2.45, 2.75) is 51.5 Å². The quantitative estimate of drug-likeness (QED) is 0.865. The van der Waals surface area contributed by atoms with E-state index in [1.54, 1.807) is 0 Å². The van der Waals surface area contributed by atoms with Crippen LogP contribution in [0.2, 0.25) is 0 Å². The molecule has 0 aliphatic carbocycles. The van der Waals surface area contributed by atoms with Crippen molar-refractivity contribution in [1.82, 2.24) is 5.32 Å². The first-order chi connectivity index (χ1) is 8.24. The summed E-state index contributed by atoms with van der Waals surface area (Å²) in [4.78, 5) is 2.89. The maximum Gasteiger partial charge on any atom is 0.0479 e. The molecule has 1 aliphatic rings. The van der Waals surface area contributed by atoms with Crippen LogP contribution in [0.1, 0.15) is 47.9 Å². The molecule has 2 nitrogen and oxygen atoms in total. The highest BCUT2D eigenvalue weighted by molar-refractivity contribution is 7.12. The van der Waals surface area contributed by atoms with Crippen molar-refractivity contribution in [2.75, 3.05) is 13.2 Å². The molecule has 96 valence electrons. The van der Waals surface area contributed by atoms with Gasteiger partial charge >= 0.3 is 0 Å². The number of aliphatic hydroxyl groups is 1. The standard InChI is InChI=1S/C14H23NOS/c1-3-12-9-13(14(17-12)5-7-16)11-4-6-15-10(2)8-11/h9-11,15-16H,3-8H2,1-2H3. The Morgan fingerprint density at radius 1 is 1.53 bits per heavy atom. The number of thiophene rings is 1. The number of hydrogen-bond acceptors (Lipinski definition) is 3. The first-order valence-electron chi connectivity index (χ1n) is 6.70. The number of piperidine rings is 1. The molecular formula is C14H23NOS. The maximum absolute atomic E-state index is 9.17. The third-order valence-electron chi connectivity index (χ3n) is 3.64. The number of aliphatic hydroxyl groups excluding tert-OH is 1. The molecule has 2 heterocycles. The fraction of sp³-hybridized carbons (Fsp3) is 0.714. The fourth-order valence-corrected chi connectivity index (χ4v) is 3.92. The lowest BCUT2D eigenvalue weighted by Crippen LogP contribution is -2.35. The van der Waals surface area contributed by atoms with E-state index in [1.165, 1.54) is 28.2 Å². The van der Waals surface area contributed by atoms with E-state index < -0.39 is 0 Å². The first kappa shape index (κ1) is 13.1. The summed E-state index contributed by atoms with van der Waals surface area (Å²) in [6.45, 7) is 5.88. The van der Waals surface area contributed by atoms with E-state index in [0.717, 1.165) is 19.4 Å². The van der Waals surface area contributed by atoms with Crippen LogP contribution in [0, 0.1) is 0 Å². The summed E-state index contributed by atoms with van der Waals surface area (Å²) >= 11 is 1.90. The van der Waals surface area contributed by atoms with Gasteiger partial charge in [0.15, 0.2) is 0 Å². The van der Waals surface area contributed by atoms with Crippen LogP contribution in [0.3, 0.4) is 0 Å². The Kier molecular flexibility index (Phi) is 4.60. The van der Waals surface area contributed by atoms with E-state index in [1.807, 2.05) is 11.3 Å². The lowest BCUT2D eigenvalue weighted by atomic mass is 9.86. The molecular weight excluding hydrogens is 230 g/mol. The molecule has 2 N–H and O–H groups in total. The summed E-state index contributed by atoms with van der Waals surface area (Å²) in [5.74, 6) is 0.698. The molecule has 1 aromatic heterocycles. The van der Waals surface area contributed by atoms with Gasteiger partial charge in [-0.1, -0.05) is 6.92 Å². The second-order valence-corrected chi connectivity index (χ2v) is 6.22. The predicted octanol–water partition coefficient (Wildman–Crippen LogP) is 2.70. The van der Waals surface area contributed by atoms with Gasteiger partial charge in [0.25, 0.3) is 0 Å². The van der Waals surface area contributed by atoms with Gasteiger partial charge in [-0.25, -0.2) is 0 Å². The van der Waals surface area contributed by atoms with Gasteiger partial charge in [0.2, 0.25) is 0 Å². The van der Waals surface area contributed by atoms with E-state index in [-0.39, 0.29) is 6.61 Å². The normalized spacial score (nSPS) is 25.1. The smallest absolute Gasteiger partial charge is 0.0479 e. The third-order valence-corrected chi connectivity index (χ3v) is 5.00. The molecule has 2 atom stereocenters. The van der Waals surface area contributed by atoms with Gasteiger partial charge in [-0.05, 0) is 50.3 Å². The minimum Gasteiger partial charge on any atom is -0.396 e. The zero-order valence-electron chi connectivity index (χ0n) is 10.8. The van der Waals surface area contributed by atoms with E-state index in [0.29, 0.717) is 12.0 Å².